The summed E-state index contributed by atoms with van der Waals surface area (Å²) in [5, 5.41) is 19.9. The van der Waals surface area contributed by atoms with Crippen LogP contribution >= 0.6 is 0 Å². The minimum atomic E-state index is -1.43. The van der Waals surface area contributed by atoms with Crippen LogP contribution in [0.2, 0.25) is 0 Å². The van der Waals surface area contributed by atoms with Gasteiger partial charge in [0.2, 0.25) is 0 Å². The molecule has 1 aromatic carbocycles. The summed E-state index contributed by atoms with van der Waals surface area (Å²) in [5.41, 5.74) is 0.699. The number of carboxylic acids is 2. The van der Waals surface area contributed by atoms with Crippen molar-refractivity contribution in [2.24, 2.45) is 5.92 Å². The highest BCUT2D eigenvalue weighted by Crippen LogP contribution is 2.06. The summed E-state index contributed by atoms with van der Waals surface area (Å²) < 4.78 is 0. The highest BCUT2D eigenvalue weighted by molar-refractivity contribution is 5.93. The van der Waals surface area contributed by atoms with Crippen LogP contribution in [0.15, 0.2) is 30.3 Å². The molecule has 0 atom stereocenters. The fourth-order valence-electron chi connectivity index (χ4n) is 1.06. The van der Waals surface area contributed by atoms with Crippen molar-refractivity contribution in [3.63, 3.8) is 0 Å². The number of rotatable bonds is 5. The molecule has 0 unspecified atom stereocenters. The highest BCUT2D eigenvalue weighted by Gasteiger charge is 2.25. The average molecular weight is 209 g/mol. The number of nitrogens with one attached hydrogen (secondary N) is 1. The standard InChI is InChI=1S/C10H11NO4/c12-9(13)8(10(14)15)6-11-7-4-2-1-3-5-7/h1-5,8,11H,6H2,(H,12,13)(H,14,15). The Morgan fingerprint density at radius 1 is 1.13 bits per heavy atom. The van der Waals surface area contributed by atoms with Gasteiger partial charge >= 0.3 is 11.9 Å². The van der Waals surface area contributed by atoms with Crippen molar-refractivity contribution in [1.29, 1.82) is 0 Å². The van der Waals surface area contributed by atoms with Gasteiger partial charge in [-0.05, 0) is 12.1 Å². The number of hydrogen-bond acceptors (Lipinski definition) is 3. The lowest BCUT2D eigenvalue weighted by Crippen LogP contribution is -2.30. The molecular formula is C10H11NO4. The van der Waals surface area contributed by atoms with Crippen molar-refractivity contribution < 1.29 is 19.8 Å². The lowest BCUT2D eigenvalue weighted by molar-refractivity contribution is -0.153. The van der Waals surface area contributed by atoms with Crippen LogP contribution in [0.25, 0.3) is 0 Å². The molecule has 0 aliphatic rings. The van der Waals surface area contributed by atoms with Crippen molar-refractivity contribution in [3.05, 3.63) is 30.3 Å². The maximum atomic E-state index is 10.5. The number of carbonyl (C=O) groups is 2. The van der Waals surface area contributed by atoms with Crippen molar-refractivity contribution in [3.8, 4) is 0 Å². The molecule has 80 valence electrons. The maximum absolute atomic E-state index is 10.5. The van der Waals surface area contributed by atoms with Crippen molar-refractivity contribution in [1.82, 2.24) is 0 Å². The lowest BCUT2D eigenvalue weighted by Gasteiger charge is -2.09. The predicted molar refractivity (Wildman–Crippen MR) is 53.7 cm³/mol. The van der Waals surface area contributed by atoms with E-state index < -0.39 is 17.9 Å². The Kier molecular flexibility index (Phi) is 3.68. The molecule has 0 radical (unpaired) electrons. The highest BCUT2D eigenvalue weighted by atomic mass is 16.4. The Morgan fingerprint density at radius 3 is 2.13 bits per heavy atom. The van der Waals surface area contributed by atoms with Crippen LogP contribution in [0.1, 0.15) is 0 Å². The van der Waals surface area contributed by atoms with E-state index in [1.165, 1.54) is 0 Å². The van der Waals surface area contributed by atoms with Gasteiger partial charge in [-0.1, -0.05) is 18.2 Å². The second-order valence-electron chi connectivity index (χ2n) is 2.98. The van der Waals surface area contributed by atoms with Crippen LogP contribution in [-0.4, -0.2) is 28.7 Å². The fraction of sp³-hybridized carbons (Fsp3) is 0.200. The summed E-state index contributed by atoms with van der Waals surface area (Å²) in [6, 6.07) is 8.84. The van der Waals surface area contributed by atoms with Crippen molar-refractivity contribution in [2.45, 2.75) is 0 Å². The summed E-state index contributed by atoms with van der Waals surface area (Å²) in [5.74, 6) is -4.11. The van der Waals surface area contributed by atoms with E-state index >= 15 is 0 Å². The van der Waals surface area contributed by atoms with E-state index in [1.54, 1.807) is 24.3 Å². The molecule has 15 heavy (non-hydrogen) atoms. The molecule has 1 rings (SSSR count). The smallest absolute Gasteiger partial charge is 0.319 e. The van der Waals surface area contributed by atoms with E-state index in [4.69, 9.17) is 10.2 Å². The second kappa shape index (κ2) is 4.99. The molecule has 0 saturated heterocycles. The number of aliphatic carboxylic acids is 2. The Morgan fingerprint density at radius 2 is 1.67 bits per heavy atom. The van der Waals surface area contributed by atoms with Gasteiger partial charge in [-0.2, -0.15) is 0 Å². The molecule has 0 aliphatic carbocycles. The molecule has 0 aromatic heterocycles. The molecule has 0 saturated carbocycles. The van der Waals surface area contributed by atoms with Crippen LogP contribution in [-0.2, 0) is 9.59 Å². The summed E-state index contributed by atoms with van der Waals surface area (Å²) in [6.45, 7) is -0.130. The van der Waals surface area contributed by atoms with E-state index in [0.717, 1.165) is 0 Å². The van der Waals surface area contributed by atoms with E-state index in [2.05, 4.69) is 5.32 Å². The Labute approximate surface area is 86.4 Å². The van der Waals surface area contributed by atoms with E-state index in [1.807, 2.05) is 6.07 Å². The zero-order chi connectivity index (χ0) is 11.3. The minimum Gasteiger partial charge on any atom is -0.481 e. The molecule has 1 aromatic rings. The first kappa shape index (κ1) is 11.0. The second-order valence-corrected chi connectivity index (χ2v) is 2.98. The fourth-order valence-corrected chi connectivity index (χ4v) is 1.06. The summed E-state index contributed by atoms with van der Waals surface area (Å²) >= 11 is 0. The van der Waals surface area contributed by atoms with E-state index in [0.29, 0.717) is 5.69 Å². The average Bonchev–Trinajstić information content (AvgIpc) is 2.18. The van der Waals surface area contributed by atoms with Gasteiger partial charge in [0.05, 0.1) is 0 Å². The summed E-state index contributed by atoms with van der Waals surface area (Å²) in [4.78, 5) is 21.1. The minimum absolute atomic E-state index is 0.130. The zero-order valence-corrected chi connectivity index (χ0v) is 7.88. The van der Waals surface area contributed by atoms with Gasteiger partial charge in [0, 0.05) is 12.2 Å². The van der Waals surface area contributed by atoms with Crippen LogP contribution in [0.3, 0.4) is 0 Å². The van der Waals surface area contributed by atoms with Gasteiger partial charge in [0.15, 0.2) is 5.92 Å². The van der Waals surface area contributed by atoms with Crippen LogP contribution < -0.4 is 5.32 Å². The first-order valence-corrected chi connectivity index (χ1v) is 4.36. The van der Waals surface area contributed by atoms with Crippen molar-refractivity contribution >= 4 is 17.6 Å². The Balaban J connectivity index is 2.55. The number of para-hydroxylation sites is 1. The summed E-state index contributed by atoms with van der Waals surface area (Å²) in [7, 11) is 0. The molecule has 0 heterocycles. The number of anilines is 1. The predicted octanol–water partition coefficient (Wildman–Crippen LogP) is 0.884. The first-order valence-electron chi connectivity index (χ1n) is 4.36. The SMILES string of the molecule is O=C(O)C(CNc1ccccc1)C(=O)O. The molecule has 0 spiro atoms. The quantitative estimate of drug-likeness (QED) is 0.627. The first-order chi connectivity index (χ1) is 7.11. The van der Waals surface area contributed by atoms with Crippen LogP contribution in [0.5, 0.6) is 0 Å². The molecule has 5 nitrogen and oxygen atoms in total. The van der Waals surface area contributed by atoms with Gasteiger partial charge in [0.25, 0.3) is 0 Å². The summed E-state index contributed by atoms with van der Waals surface area (Å²) in [6.07, 6.45) is 0. The molecule has 0 amide bonds. The third-order valence-electron chi connectivity index (χ3n) is 1.88. The normalized spacial score (nSPS) is 9.93. The molecule has 0 bridgehead atoms. The van der Waals surface area contributed by atoms with Crippen molar-refractivity contribution in [2.75, 3.05) is 11.9 Å². The van der Waals surface area contributed by atoms with Gasteiger partial charge in [0.1, 0.15) is 0 Å². The Bertz CT molecular complexity index is 336. The van der Waals surface area contributed by atoms with Gasteiger partial charge in [-0.25, -0.2) is 0 Å². The van der Waals surface area contributed by atoms with Gasteiger partial charge < -0.3 is 15.5 Å². The molecule has 0 aliphatic heterocycles. The third-order valence-corrected chi connectivity index (χ3v) is 1.88. The molecular weight excluding hydrogens is 198 g/mol. The van der Waals surface area contributed by atoms with Crippen LogP contribution in [0, 0.1) is 5.92 Å². The van der Waals surface area contributed by atoms with E-state index in [9.17, 15) is 9.59 Å². The Hall–Kier alpha value is -2.04. The van der Waals surface area contributed by atoms with Gasteiger partial charge in [-0.15, -0.1) is 0 Å². The molecule has 3 N–H and O–H groups in total. The van der Waals surface area contributed by atoms with Gasteiger partial charge in [-0.3, -0.25) is 9.59 Å². The van der Waals surface area contributed by atoms with Crippen LogP contribution in [0.4, 0.5) is 5.69 Å². The molecule has 5 heteroatoms. The number of carboxylic acid groups (broad SMARTS) is 2. The molecule has 0 fully saturated rings. The third kappa shape index (κ3) is 3.30. The maximum Gasteiger partial charge on any atom is 0.319 e. The number of hydrogen-bond donors (Lipinski definition) is 3. The van der Waals surface area contributed by atoms with E-state index in [-0.39, 0.29) is 6.54 Å². The monoisotopic (exact) mass is 209 g/mol. The lowest BCUT2D eigenvalue weighted by atomic mass is 10.1. The number of benzene rings is 1. The zero-order valence-electron chi connectivity index (χ0n) is 7.88. The topological polar surface area (TPSA) is 86.6 Å². The largest absolute Gasteiger partial charge is 0.481 e.